The number of fused-ring (bicyclic) bond motifs is 5. The van der Waals surface area contributed by atoms with E-state index in [1.807, 2.05) is 32.8 Å². The second-order valence-electron chi connectivity index (χ2n) is 14.2. The van der Waals surface area contributed by atoms with Gasteiger partial charge in [0.2, 0.25) is 0 Å². The molecule has 14 atom stereocenters. The summed E-state index contributed by atoms with van der Waals surface area (Å²) in [4.78, 5) is 29.5. The molecule has 11 nitrogen and oxygen atoms in total. The number of aliphatic hydroxyl groups is 3. The van der Waals surface area contributed by atoms with Gasteiger partial charge in [-0.15, -0.1) is 0 Å². The Kier molecular flexibility index (Phi) is 12.2. The Morgan fingerprint density at radius 3 is 2.25 bits per heavy atom. The molecule has 3 rings (SSSR count). The van der Waals surface area contributed by atoms with Crippen LogP contribution in [0.5, 0.6) is 0 Å². The fourth-order valence-corrected chi connectivity index (χ4v) is 7.34. The minimum absolute atomic E-state index is 0.000136. The molecule has 0 amide bonds. The van der Waals surface area contributed by atoms with Gasteiger partial charge in [-0.1, -0.05) is 34.3 Å². The molecule has 0 spiro atoms. The van der Waals surface area contributed by atoms with Crippen molar-refractivity contribution < 1.29 is 48.6 Å². The molecule has 0 aromatic heterocycles. The van der Waals surface area contributed by atoms with Gasteiger partial charge in [0.25, 0.3) is 0 Å². The second-order valence-corrected chi connectivity index (χ2v) is 14.2. The Morgan fingerprint density at radius 2 is 1.66 bits per heavy atom. The van der Waals surface area contributed by atoms with E-state index in [4.69, 9.17) is 23.7 Å². The number of likely N-dealkylation sites (N-methyl/N-ethyl adjacent to an activating group) is 1. The van der Waals surface area contributed by atoms with Crippen LogP contribution in [0.25, 0.3) is 0 Å². The highest BCUT2D eigenvalue weighted by Gasteiger charge is 2.53. The highest BCUT2D eigenvalue weighted by atomic mass is 16.7. The first-order valence-electron chi connectivity index (χ1n) is 16.1. The predicted molar refractivity (Wildman–Crippen MR) is 164 cm³/mol. The van der Waals surface area contributed by atoms with Gasteiger partial charge < -0.3 is 43.9 Å². The number of carbonyl (C=O) groups excluding carboxylic acids is 2. The molecule has 0 saturated carbocycles. The number of carbonyl (C=O) groups is 2. The Hall–Kier alpha value is -1.44. The number of Topliss-reactive ketones (excluding diaryl/α,β-unsaturated/α-hetero) is 1. The van der Waals surface area contributed by atoms with Gasteiger partial charge in [0.1, 0.15) is 23.6 Å². The molecule has 0 aliphatic carbocycles. The molecule has 254 valence electrons. The molecule has 3 aliphatic heterocycles. The Morgan fingerprint density at radius 1 is 1.02 bits per heavy atom. The summed E-state index contributed by atoms with van der Waals surface area (Å²) in [5.41, 5.74) is -2.36. The zero-order valence-corrected chi connectivity index (χ0v) is 28.3. The topological polar surface area (TPSA) is 144 Å². The van der Waals surface area contributed by atoms with Crippen molar-refractivity contribution in [2.75, 3.05) is 27.3 Å². The van der Waals surface area contributed by atoms with Gasteiger partial charge in [-0.05, 0) is 66.6 Å². The van der Waals surface area contributed by atoms with E-state index in [0.29, 0.717) is 12.0 Å². The van der Waals surface area contributed by atoms with E-state index in [9.17, 15) is 24.9 Å². The Labute approximate surface area is 263 Å². The maximum atomic E-state index is 14.0. The number of cyclic esters (lactones) is 1. The molecule has 3 saturated heterocycles. The third-order valence-electron chi connectivity index (χ3n) is 10.1. The first-order chi connectivity index (χ1) is 20.3. The average molecular weight is 628 g/mol. The van der Waals surface area contributed by atoms with Crippen LogP contribution in [0.1, 0.15) is 74.7 Å². The van der Waals surface area contributed by atoms with Crippen LogP contribution in [0, 0.1) is 23.7 Å². The van der Waals surface area contributed by atoms with Gasteiger partial charge in [0, 0.05) is 23.8 Å². The Balaban J connectivity index is 2.19. The lowest BCUT2D eigenvalue weighted by Gasteiger charge is -2.48. The molecule has 3 fully saturated rings. The van der Waals surface area contributed by atoms with Crippen LogP contribution in [-0.2, 0) is 33.3 Å². The van der Waals surface area contributed by atoms with E-state index in [2.05, 4.69) is 6.58 Å². The summed E-state index contributed by atoms with van der Waals surface area (Å²) in [5, 5.41) is 34.9. The summed E-state index contributed by atoms with van der Waals surface area (Å²) >= 11 is 0. The van der Waals surface area contributed by atoms with E-state index in [0.717, 1.165) is 0 Å². The average Bonchev–Trinajstić information content (AvgIpc) is 2.97. The summed E-state index contributed by atoms with van der Waals surface area (Å²) < 4.78 is 31.4. The summed E-state index contributed by atoms with van der Waals surface area (Å²) in [5.74, 6) is -3.96. The molecule has 0 aromatic rings. The van der Waals surface area contributed by atoms with Gasteiger partial charge in [-0.2, -0.15) is 0 Å². The quantitative estimate of drug-likeness (QED) is 0.312. The number of rotatable bonds is 4. The highest BCUT2D eigenvalue weighted by molar-refractivity contribution is 5.83. The molecule has 44 heavy (non-hydrogen) atoms. The van der Waals surface area contributed by atoms with Crippen LogP contribution < -0.4 is 0 Å². The number of ketones is 1. The molecule has 0 unspecified atom stereocenters. The van der Waals surface area contributed by atoms with Crippen molar-refractivity contribution in [3.63, 3.8) is 0 Å². The van der Waals surface area contributed by atoms with E-state index in [1.165, 1.54) is 6.92 Å². The van der Waals surface area contributed by atoms with Crippen molar-refractivity contribution in [1.82, 2.24) is 4.90 Å². The van der Waals surface area contributed by atoms with Crippen LogP contribution in [0.15, 0.2) is 12.2 Å². The van der Waals surface area contributed by atoms with Gasteiger partial charge in [0.15, 0.2) is 6.29 Å². The minimum Gasteiger partial charge on any atom is -0.459 e. The maximum absolute atomic E-state index is 14.0. The number of ether oxygens (including phenoxy) is 5. The summed E-state index contributed by atoms with van der Waals surface area (Å²) in [7, 11) is 3.77. The fourth-order valence-electron chi connectivity index (χ4n) is 7.34. The van der Waals surface area contributed by atoms with Gasteiger partial charge >= 0.3 is 5.97 Å². The van der Waals surface area contributed by atoms with Crippen molar-refractivity contribution in [2.45, 2.75) is 135 Å². The highest BCUT2D eigenvalue weighted by Crippen LogP contribution is 2.40. The minimum atomic E-state index is -1.72. The van der Waals surface area contributed by atoms with Crippen molar-refractivity contribution in [2.24, 2.45) is 23.7 Å². The lowest BCUT2D eigenvalue weighted by molar-refractivity contribution is -0.303. The van der Waals surface area contributed by atoms with Crippen molar-refractivity contribution in [3.05, 3.63) is 12.2 Å². The van der Waals surface area contributed by atoms with Gasteiger partial charge in [0.05, 0.1) is 49.1 Å². The number of nitrogens with zero attached hydrogens (tertiary/aromatic N) is 1. The molecule has 2 bridgehead atoms. The maximum Gasteiger partial charge on any atom is 0.311 e. The normalized spacial score (nSPS) is 47.0. The van der Waals surface area contributed by atoms with E-state index >= 15 is 0 Å². The molecule has 3 aliphatic rings. The molecular weight excluding hydrogens is 570 g/mol. The summed E-state index contributed by atoms with van der Waals surface area (Å²) in [6.07, 6.45) is -5.50. The number of hydrogen-bond acceptors (Lipinski definition) is 11. The molecule has 3 heterocycles. The number of esters is 1. The van der Waals surface area contributed by atoms with Crippen LogP contribution in [0.4, 0.5) is 0 Å². The standard InChI is InChI=1S/C33H57NO10/c1-12-24-33(9,39)29-20(5)25(35)18(3)14-32(8,41-16-17(2)15-40-29)28(21(6)26(36)22(7)30(38)43-24)44-31-27(37)23(34(10)11)13-19(4)42-31/h18-24,26-29,31,36-37,39H,2,12-16H2,1,3-11H3/t18-,19-,20+,21+,22-,23+,24-,26+,27-,28-,29-,31+,32-,33-/m1/s1. The predicted octanol–water partition coefficient (Wildman–Crippen LogP) is 2.48. The van der Waals surface area contributed by atoms with Gasteiger partial charge in [-0.25, -0.2) is 0 Å². The zero-order valence-electron chi connectivity index (χ0n) is 28.3. The van der Waals surface area contributed by atoms with Crippen LogP contribution in [0.3, 0.4) is 0 Å². The first-order valence-corrected chi connectivity index (χ1v) is 16.1. The second kappa shape index (κ2) is 14.5. The molecular formula is C33H57NO10. The van der Waals surface area contributed by atoms with Crippen molar-refractivity contribution in [1.29, 1.82) is 0 Å². The molecule has 0 radical (unpaired) electrons. The smallest absolute Gasteiger partial charge is 0.311 e. The van der Waals surface area contributed by atoms with Crippen LogP contribution >= 0.6 is 0 Å². The third-order valence-corrected chi connectivity index (χ3v) is 10.1. The van der Waals surface area contributed by atoms with Gasteiger partial charge in [-0.3, -0.25) is 9.59 Å². The van der Waals surface area contributed by atoms with Crippen LogP contribution in [0.2, 0.25) is 0 Å². The summed E-state index contributed by atoms with van der Waals surface area (Å²) in [6.45, 7) is 18.1. The van der Waals surface area contributed by atoms with Crippen molar-refractivity contribution >= 4 is 11.8 Å². The molecule has 0 aromatic carbocycles. The van der Waals surface area contributed by atoms with Crippen LogP contribution in [-0.4, -0.2) is 119 Å². The summed E-state index contributed by atoms with van der Waals surface area (Å²) in [6, 6.07) is -0.244. The number of hydrogen-bond donors (Lipinski definition) is 3. The largest absolute Gasteiger partial charge is 0.459 e. The Bertz CT molecular complexity index is 1020. The van der Waals surface area contributed by atoms with E-state index < -0.39 is 77.7 Å². The fraction of sp³-hybridized carbons (Fsp3) is 0.879. The molecule has 11 heteroatoms. The van der Waals surface area contributed by atoms with Crippen molar-refractivity contribution in [3.8, 4) is 0 Å². The molecule has 3 N–H and O–H groups in total. The van der Waals surface area contributed by atoms with E-state index in [-0.39, 0.29) is 44.0 Å². The first kappa shape index (κ1) is 37.0. The number of aliphatic hydroxyl groups excluding tert-OH is 2. The van der Waals surface area contributed by atoms with E-state index in [1.54, 1.807) is 34.6 Å². The monoisotopic (exact) mass is 627 g/mol. The SMILES string of the molecule is C=C1CO[C@@H]2[C@@H](C)C(=O)[C@H](C)C[C@@](C)(OC1)[C@H](O[C@@H]1O[C@H](C)C[C@H](N(C)C)[C@H]1O)[C@@H](C)[C@H](O)[C@@H](C)C(=O)O[C@H](CC)[C@@]2(C)O. The third kappa shape index (κ3) is 7.74. The lowest BCUT2D eigenvalue weighted by Crippen LogP contribution is -2.60. The lowest BCUT2D eigenvalue weighted by atomic mass is 9.74. The zero-order chi connectivity index (χ0) is 33.3.